The van der Waals surface area contributed by atoms with Crippen molar-refractivity contribution >= 4 is 0 Å². The van der Waals surface area contributed by atoms with Crippen LogP contribution in [0.15, 0.2) is 18.2 Å². The molecule has 0 heterocycles. The topological polar surface area (TPSA) is 23.5 Å². The van der Waals surface area contributed by atoms with Crippen LogP contribution in [0.4, 0.5) is 0 Å². The van der Waals surface area contributed by atoms with E-state index in [4.69, 9.17) is 0 Å². The zero-order valence-electron chi connectivity index (χ0n) is 13.3. The molecule has 0 aromatic heterocycles. The molecular weight excluding hydrogens is 234 g/mol. The molecule has 2 heteroatoms. The molecule has 0 bridgehead atoms. The minimum Gasteiger partial charge on any atom is -0.389 e. The van der Waals surface area contributed by atoms with Crippen LogP contribution in [0.2, 0.25) is 0 Å². The van der Waals surface area contributed by atoms with Crippen molar-refractivity contribution < 1.29 is 5.11 Å². The Labute approximate surface area is 118 Å². The van der Waals surface area contributed by atoms with Gasteiger partial charge in [-0.1, -0.05) is 32.0 Å². The molecule has 0 fully saturated rings. The average molecular weight is 263 g/mol. The van der Waals surface area contributed by atoms with Crippen LogP contribution in [0, 0.1) is 6.92 Å². The van der Waals surface area contributed by atoms with Gasteiger partial charge < -0.3 is 10.0 Å². The van der Waals surface area contributed by atoms with Gasteiger partial charge in [0.05, 0.1) is 5.60 Å². The number of hydrogen-bond acceptors (Lipinski definition) is 2. The summed E-state index contributed by atoms with van der Waals surface area (Å²) in [6.07, 6.45) is 1.04. The number of likely N-dealkylation sites (N-methyl/N-ethyl adjacent to an activating group) is 1. The fourth-order valence-electron chi connectivity index (χ4n) is 2.37. The molecule has 0 atom stereocenters. The molecule has 0 saturated heterocycles. The van der Waals surface area contributed by atoms with Gasteiger partial charge in [0.1, 0.15) is 0 Å². The lowest BCUT2D eigenvalue weighted by atomic mass is 9.96. The third-order valence-electron chi connectivity index (χ3n) is 3.46. The van der Waals surface area contributed by atoms with Crippen LogP contribution < -0.4 is 0 Å². The van der Waals surface area contributed by atoms with Crippen molar-refractivity contribution in [1.82, 2.24) is 4.90 Å². The van der Waals surface area contributed by atoms with Crippen LogP contribution in [0.3, 0.4) is 0 Å². The molecule has 108 valence electrons. The molecule has 0 radical (unpaired) electrons. The Kier molecular flexibility index (Phi) is 5.57. The van der Waals surface area contributed by atoms with Crippen molar-refractivity contribution in [3.8, 4) is 0 Å². The summed E-state index contributed by atoms with van der Waals surface area (Å²) in [4.78, 5) is 2.20. The molecule has 19 heavy (non-hydrogen) atoms. The van der Waals surface area contributed by atoms with E-state index in [1.54, 1.807) is 0 Å². The van der Waals surface area contributed by atoms with E-state index < -0.39 is 5.60 Å². The standard InChI is InChI=1S/C17H29NO/c1-13(2)15-8-7-14(3)16(11-15)9-10-18(6)12-17(4,5)19/h7-8,11,13,19H,9-10,12H2,1-6H3. The Bertz CT molecular complexity index is 404. The lowest BCUT2D eigenvalue weighted by molar-refractivity contribution is 0.0450. The number of aryl methyl sites for hydroxylation is 1. The summed E-state index contributed by atoms with van der Waals surface area (Å²) in [5.41, 5.74) is 3.57. The first-order valence-electron chi connectivity index (χ1n) is 7.19. The summed E-state index contributed by atoms with van der Waals surface area (Å²) in [5.74, 6) is 0.577. The first-order valence-corrected chi connectivity index (χ1v) is 7.19. The Balaban J connectivity index is 2.64. The lowest BCUT2D eigenvalue weighted by Crippen LogP contribution is -2.37. The molecule has 2 nitrogen and oxygen atoms in total. The molecule has 0 unspecified atom stereocenters. The van der Waals surface area contributed by atoms with Gasteiger partial charge in [0.25, 0.3) is 0 Å². The smallest absolute Gasteiger partial charge is 0.0718 e. The highest BCUT2D eigenvalue weighted by Gasteiger charge is 2.15. The summed E-state index contributed by atoms with van der Waals surface area (Å²) >= 11 is 0. The predicted molar refractivity (Wildman–Crippen MR) is 82.8 cm³/mol. The van der Waals surface area contributed by atoms with Gasteiger partial charge in [-0.05, 0) is 56.8 Å². The summed E-state index contributed by atoms with van der Waals surface area (Å²) in [7, 11) is 2.07. The molecule has 0 aliphatic heterocycles. The maximum absolute atomic E-state index is 9.82. The fraction of sp³-hybridized carbons (Fsp3) is 0.647. The zero-order valence-corrected chi connectivity index (χ0v) is 13.3. The maximum atomic E-state index is 9.82. The van der Waals surface area contributed by atoms with Crippen molar-refractivity contribution in [3.63, 3.8) is 0 Å². The van der Waals surface area contributed by atoms with Crippen LogP contribution in [0.5, 0.6) is 0 Å². The summed E-state index contributed by atoms with van der Waals surface area (Å²) in [5, 5.41) is 9.82. The molecule has 0 amide bonds. The number of nitrogens with zero attached hydrogens (tertiary/aromatic N) is 1. The zero-order chi connectivity index (χ0) is 14.6. The third-order valence-corrected chi connectivity index (χ3v) is 3.46. The summed E-state index contributed by atoms with van der Waals surface area (Å²) in [6.45, 7) is 12.0. The number of benzene rings is 1. The van der Waals surface area contributed by atoms with Crippen molar-refractivity contribution in [2.45, 2.75) is 52.6 Å². The van der Waals surface area contributed by atoms with Gasteiger partial charge in [-0.3, -0.25) is 0 Å². The largest absolute Gasteiger partial charge is 0.389 e. The first kappa shape index (κ1) is 16.2. The molecular formula is C17H29NO. The van der Waals surface area contributed by atoms with Gasteiger partial charge in [0, 0.05) is 13.1 Å². The second-order valence-corrected chi connectivity index (χ2v) is 6.64. The Morgan fingerprint density at radius 2 is 1.89 bits per heavy atom. The van der Waals surface area contributed by atoms with E-state index in [0.717, 1.165) is 13.0 Å². The van der Waals surface area contributed by atoms with Crippen molar-refractivity contribution in [2.75, 3.05) is 20.1 Å². The minimum atomic E-state index is -0.621. The highest BCUT2D eigenvalue weighted by molar-refractivity contribution is 5.32. The van der Waals surface area contributed by atoms with Gasteiger partial charge in [0.15, 0.2) is 0 Å². The van der Waals surface area contributed by atoms with Gasteiger partial charge in [-0.25, -0.2) is 0 Å². The molecule has 1 N–H and O–H groups in total. The molecule has 1 rings (SSSR count). The van der Waals surface area contributed by atoms with Crippen LogP contribution in [0.25, 0.3) is 0 Å². The quantitative estimate of drug-likeness (QED) is 0.850. The molecule has 1 aromatic rings. The SMILES string of the molecule is Cc1ccc(C(C)C)cc1CCN(C)CC(C)(C)O. The van der Waals surface area contributed by atoms with E-state index in [1.165, 1.54) is 16.7 Å². The van der Waals surface area contributed by atoms with E-state index in [9.17, 15) is 5.11 Å². The molecule has 0 saturated carbocycles. The van der Waals surface area contributed by atoms with E-state index in [2.05, 4.69) is 50.9 Å². The Morgan fingerprint density at radius 3 is 2.42 bits per heavy atom. The minimum absolute atomic E-state index is 0.577. The van der Waals surface area contributed by atoms with Crippen LogP contribution >= 0.6 is 0 Å². The van der Waals surface area contributed by atoms with E-state index in [1.807, 2.05) is 13.8 Å². The summed E-state index contributed by atoms with van der Waals surface area (Å²) < 4.78 is 0. The second-order valence-electron chi connectivity index (χ2n) is 6.64. The van der Waals surface area contributed by atoms with Gasteiger partial charge >= 0.3 is 0 Å². The molecule has 0 aliphatic rings. The molecule has 0 aliphatic carbocycles. The Hall–Kier alpha value is -0.860. The fourth-order valence-corrected chi connectivity index (χ4v) is 2.37. The van der Waals surface area contributed by atoms with Crippen molar-refractivity contribution in [1.29, 1.82) is 0 Å². The van der Waals surface area contributed by atoms with Gasteiger partial charge in [0.2, 0.25) is 0 Å². The monoisotopic (exact) mass is 263 g/mol. The van der Waals surface area contributed by atoms with Crippen molar-refractivity contribution in [3.05, 3.63) is 34.9 Å². The van der Waals surface area contributed by atoms with E-state index >= 15 is 0 Å². The van der Waals surface area contributed by atoms with E-state index in [-0.39, 0.29) is 0 Å². The van der Waals surface area contributed by atoms with Gasteiger partial charge in [-0.2, -0.15) is 0 Å². The number of aliphatic hydroxyl groups is 1. The Morgan fingerprint density at radius 1 is 1.26 bits per heavy atom. The summed E-state index contributed by atoms with van der Waals surface area (Å²) in [6, 6.07) is 6.78. The van der Waals surface area contributed by atoms with Crippen LogP contribution in [-0.2, 0) is 6.42 Å². The van der Waals surface area contributed by atoms with Gasteiger partial charge in [-0.15, -0.1) is 0 Å². The molecule has 1 aromatic carbocycles. The van der Waals surface area contributed by atoms with Crippen LogP contribution in [-0.4, -0.2) is 35.7 Å². The van der Waals surface area contributed by atoms with E-state index in [0.29, 0.717) is 12.5 Å². The highest BCUT2D eigenvalue weighted by atomic mass is 16.3. The average Bonchev–Trinajstić information content (AvgIpc) is 2.25. The molecule has 0 spiro atoms. The van der Waals surface area contributed by atoms with Crippen LogP contribution in [0.1, 0.15) is 50.3 Å². The highest BCUT2D eigenvalue weighted by Crippen LogP contribution is 2.19. The number of hydrogen-bond donors (Lipinski definition) is 1. The predicted octanol–water partition coefficient (Wildman–Crippen LogP) is 3.36. The normalized spacial score (nSPS) is 12.5. The second kappa shape index (κ2) is 6.53. The lowest BCUT2D eigenvalue weighted by Gasteiger charge is -2.25. The third kappa shape index (κ3) is 5.75. The number of rotatable bonds is 6. The van der Waals surface area contributed by atoms with Crippen molar-refractivity contribution in [2.24, 2.45) is 0 Å². The first-order chi connectivity index (χ1) is 8.69. The maximum Gasteiger partial charge on any atom is 0.0718 e.